The Kier molecular flexibility index (Phi) is 6.31. The zero-order valence-electron chi connectivity index (χ0n) is 15.1. The molecule has 0 aliphatic carbocycles. The van der Waals surface area contributed by atoms with Crippen LogP contribution in [0.1, 0.15) is 27.0 Å². The second-order valence-corrected chi connectivity index (χ2v) is 6.23. The van der Waals surface area contributed by atoms with Gasteiger partial charge in [0.05, 0.1) is 19.2 Å². The van der Waals surface area contributed by atoms with E-state index >= 15 is 0 Å². The van der Waals surface area contributed by atoms with Gasteiger partial charge < -0.3 is 10.1 Å². The molecule has 0 spiro atoms. The summed E-state index contributed by atoms with van der Waals surface area (Å²) in [5.41, 5.74) is 4.30. The first-order valence-electron chi connectivity index (χ1n) is 8.12. The number of carbonyl (C=O) groups excluding carboxylic acids is 2. The van der Waals surface area contributed by atoms with Crippen molar-refractivity contribution in [1.82, 2.24) is 4.90 Å². The van der Waals surface area contributed by atoms with Crippen LogP contribution in [0.3, 0.4) is 0 Å². The van der Waals surface area contributed by atoms with Crippen LogP contribution in [0.25, 0.3) is 0 Å². The number of amides is 1. The third kappa shape index (κ3) is 5.43. The van der Waals surface area contributed by atoms with E-state index in [0.717, 1.165) is 11.1 Å². The predicted octanol–water partition coefficient (Wildman–Crippen LogP) is 3.16. The summed E-state index contributed by atoms with van der Waals surface area (Å²) in [6.07, 6.45) is 0. The van der Waals surface area contributed by atoms with Gasteiger partial charge in [0.2, 0.25) is 5.91 Å². The molecule has 0 aliphatic rings. The number of carbonyl (C=O) groups is 2. The lowest BCUT2D eigenvalue weighted by Gasteiger charge is -2.17. The molecule has 0 unspecified atom stereocenters. The summed E-state index contributed by atoms with van der Waals surface area (Å²) >= 11 is 0. The molecule has 0 atom stereocenters. The second-order valence-electron chi connectivity index (χ2n) is 6.23. The molecule has 1 amide bonds. The molecule has 2 aromatic carbocycles. The van der Waals surface area contributed by atoms with Crippen molar-refractivity contribution in [2.75, 3.05) is 26.0 Å². The molecule has 2 aromatic rings. The minimum absolute atomic E-state index is 0.125. The molecule has 25 heavy (non-hydrogen) atoms. The first kappa shape index (κ1) is 18.7. The molecule has 0 bridgehead atoms. The van der Waals surface area contributed by atoms with Crippen LogP contribution in [0.5, 0.6) is 0 Å². The first-order valence-corrected chi connectivity index (χ1v) is 8.12. The van der Waals surface area contributed by atoms with Gasteiger partial charge >= 0.3 is 5.97 Å². The topological polar surface area (TPSA) is 58.6 Å². The van der Waals surface area contributed by atoms with Gasteiger partial charge in [-0.2, -0.15) is 0 Å². The Hall–Kier alpha value is -2.66. The third-order valence-electron chi connectivity index (χ3n) is 3.92. The Bertz CT molecular complexity index is 754. The maximum Gasteiger partial charge on any atom is 0.337 e. The summed E-state index contributed by atoms with van der Waals surface area (Å²) in [5.74, 6) is -0.549. The molecule has 132 valence electrons. The number of methoxy groups -OCH3 is 1. The van der Waals surface area contributed by atoms with E-state index in [1.165, 1.54) is 12.7 Å². The molecule has 5 nitrogen and oxygen atoms in total. The van der Waals surface area contributed by atoms with Crippen molar-refractivity contribution in [3.05, 3.63) is 64.7 Å². The van der Waals surface area contributed by atoms with E-state index < -0.39 is 5.97 Å². The number of rotatable bonds is 6. The third-order valence-corrected chi connectivity index (χ3v) is 3.92. The van der Waals surface area contributed by atoms with E-state index in [2.05, 4.69) is 29.6 Å². The van der Waals surface area contributed by atoms with Gasteiger partial charge in [-0.15, -0.1) is 0 Å². The standard InChI is InChI=1S/C20H24N2O3/c1-14-5-8-16(9-6-14)12-22(3)13-19(23)21-18-11-17(20(24)25-4)10-7-15(18)2/h5-11H,12-13H2,1-4H3,(H,21,23). The minimum atomic E-state index is -0.424. The van der Waals surface area contributed by atoms with Crippen molar-refractivity contribution >= 4 is 17.6 Å². The molecule has 1 N–H and O–H groups in total. The zero-order chi connectivity index (χ0) is 18.4. The number of nitrogens with zero attached hydrogens (tertiary/aromatic N) is 1. The number of benzene rings is 2. The number of hydrogen-bond donors (Lipinski definition) is 1. The minimum Gasteiger partial charge on any atom is -0.465 e. The molecule has 0 fully saturated rings. The molecule has 0 saturated heterocycles. The zero-order valence-corrected chi connectivity index (χ0v) is 15.1. The Morgan fingerprint density at radius 3 is 2.40 bits per heavy atom. The summed E-state index contributed by atoms with van der Waals surface area (Å²) in [6.45, 7) is 4.88. The van der Waals surface area contributed by atoms with Crippen LogP contribution in [0.2, 0.25) is 0 Å². The van der Waals surface area contributed by atoms with E-state index in [1.807, 2.05) is 25.8 Å². The lowest BCUT2D eigenvalue weighted by molar-refractivity contribution is -0.117. The van der Waals surface area contributed by atoms with Gasteiger partial charge in [-0.05, 0) is 44.2 Å². The van der Waals surface area contributed by atoms with Crippen LogP contribution in [-0.4, -0.2) is 37.5 Å². The first-order chi connectivity index (χ1) is 11.9. The number of ether oxygens (including phenoxy) is 1. The smallest absolute Gasteiger partial charge is 0.337 e. The molecule has 5 heteroatoms. The van der Waals surface area contributed by atoms with Crippen molar-refractivity contribution in [1.29, 1.82) is 0 Å². The van der Waals surface area contributed by atoms with Crippen molar-refractivity contribution < 1.29 is 14.3 Å². The highest BCUT2D eigenvalue weighted by Crippen LogP contribution is 2.17. The molecule has 0 saturated carbocycles. The highest BCUT2D eigenvalue weighted by atomic mass is 16.5. The lowest BCUT2D eigenvalue weighted by atomic mass is 10.1. The summed E-state index contributed by atoms with van der Waals surface area (Å²) in [6, 6.07) is 13.4. The van der Waals surface area contributed by atoms with Crippen molar-refractivity contribution in [2.24, 2.45) is 0 Å². The number of likely N-dealkylation sites (N-methyl/N-ethyl adjacent to an activating group) is 1. The van der Waals surface area contributed by atoms with Crippen molar-refractivity contribution in [2.45, 2.75) is 20.4 Å². The van der Waals surface area contributed by atoms with Gasteiger partial charge in [0, 0.05) is 12.2 Å². The summed E-state index contributed by atoms with van der Waals surface area (Å²) < 4.78 is 4.72. The van der Waals surface area contributed by atoms with Gasteiger partial charge in [0.1, 0.15) is 0 Å². The number of esters is 1. The van der Waals surface area contributed by atoms with E-state index in [1.54, 1.807) is 18.2 Å². The molecule has 0 aliphatic heterocycles. The largest absolute Gasteiger partial charge is 0.465 e. The van der Waals surface area contributed by atoms with Gasteiger partial charge in [0.25, 0.3) is 0 Å². The van der Waals surface area contributed by atoms with Crippen molar-refractivity contribution in [3.63, 3.8) is 0 Å². The summed E-state index contributed by atoms with van der Waals surface area (Å²) in [4.78, 5) is 25.9. The fourth-order valence-corrected chi connectivity index (χ4v) is 2.50. The Labute approximate surface area is 148 Å². The molecule has 0 radical (unpaired) electrons. The highest BCUT2D eigenvalue weighted by molar-refractivity contribution is 5.96. The average molecular weight is 340 g/mol. The van der Waals surface area contributed by atoms with Crippen LogP contribution in [0, 0.1) is 13.8 Å². The maximum atomic E-state index is 12.3. The molecular weight excluding hydrogens is 316 g/mol. The highest BCUT2D eigenvalue weighted by Gasteiger charge is 2.12. The average Bonchev–Trinajstić information content (AvgIpc) is 2.58. The van der Waals surface area contributed by atoms with Crippen LogP contribution in [-0.2, 0) is 16.1 Å². The summed E-state index contributed by atoms with van der Waals surface area (Å²) in [7, 11) is 3.23. The van der Waals surface area contributed by atoms with Crippen LogP contribution < -0.4 is 5.32 Å². The normalized spacial score (nSPS) is 10.6. The number of hydrogen-bond acceptors (Lipinski definition) is 4. The molecule has 0 aromatic heterocycles. The number of anilines is 1. The fraction of sp³-hybridized carbons (Fsp3) is 0.300. The van der Waals surface area contributed by atoms with E-state index in [4.69, 9.17) is 4.74 Å². The Balaban J connectivity index is 1.97. The quantitative estimate of drug-likeness (QED) is 0.821. The maximum absolute atomic E-state index is 12.3. The summed E-state index contributed by atoms with van der Waals surface area (Å²) in [5, 5.41) is 2.87. The van der Waals surface area contributed by atoms with E-state index in [-0.39, 0.29) is 12.5 Å². The lowest BCUT2D eigenvalue weighted by Crippen LogP contribution is -2.30. The molecule has 0 heterocycles. The Morgan fingerprint density at radius 1 is 1.08 bits per heavy atom. The number of nitrogens with one attached hydrogen (secondary N) is 1. The Morgan fingerprint density at radius 2 is 1.76 bits per heavy atom. The van der Waals surface area contributed by atoms with Gasteiger partial charge in [-0.25, -0.2) is 4.79 Å². The monoisotopic (exact) mass is 340 g/mol. The predicted molar refractivity (Wildman–Crippen MR) is 98.7 cm³/mol. The molecular formula is C20H24N2O3. The van der Waals surface area contributed by atoms with Crippen LogP contribution in [0.4, 0.5) is 5.69 Å². The SMILES string of the molecule is COC(=O)c1ccc(C)c(NC(=O)CN(C)Cc2ccc(C)cc2)c1. The van der Waals surface area contributed by atoms with Gasteiger partial charge in [-0.1, -0.05) is 35.9 Å². The fourth-order valence-electron chi connectivity index (χ4n) is 2.50. The second kappa shape index (κ2) is 8.44. The van der Waals surface area contributed by atoms with E-state index in [9.17, 15) is 9.59 Å². The number of aryl methyl sites for hydroxylation is 2. The van der Waals surface area contributed by atoms with E-state index in [0.29, 0.717) is 17.8 Å². The van der Waals surface area contributed by atoms with Crippen LogP contribution >= 0.6 is 0 Å². The van der Waals surface area contributed by atoms with Gasteiger partial charge in [0.15, 0.2) is 0 Å². The van der Waals surface area contributed by atoms with Crippen LogP contribution in [0.15, 0.2) is 42.5 Å². The van der Waals surface area contributed by atoms with Gasteiger partial charge in [-0.3, -0.25) is 9.69 Å². The molecule has 2 rings (SSSR count). The van der Waals surface area contributed by atoms with Crippen molar-refractivity contribution in [3.8, 4) is 0 Å².